The molecule has 4 rings (SSSR count). The van der Waals surface area contributed by atoms with Gasteiger partial charge in [0.15, 0.2) is 6.10 Å². The lowest BCUT2D eigenvalue weighted by molar-refractivity contribution is 0.0830. The molecule has 1 N–H and O–H groups in total. The minimum Gasteiger partial charge on any atom is -0.479 e. The number of hydrogen-bond donors (Lipinski definition) is 1. The van der Waals surface area contributed by atoms with Gasteiger partial charge in [0, 0.05) is 16.2 Å². The highest BCUT2D eigenvalue weighted by Crippen LogP contribution is 2.35. The Morgan fingerprint density at radius 3 is 2.36 bits per heavy atom. The molecule has 142 valence electrons. The number of rotatable bonds is 4. The van der Waals surface area contributed by atoms with Crippen molar-refractivity contribution in [3.63, 3.8) is 0 Å². The number of nitrogens with one attached hydrogen (secondary N) is 1. The smallest absolute Gasteiger partial charge is 0.350 e. The van der Waals surface area contributed by atoms with Crippen molar-refractivity contribution in [3.05, 3.63) is 91.9 Å². The van der Waals surface area contributed by atoms with Gasteiger partial charge in [-0.25, -0.2) is 4.79 Å². The Morgan fingerprint density at radius 1 is 1.00 bits per heavy atom. The number of hydrogen-bond acceptors (Lipinski definition) is 5. The van der Waals surface area contributed by atoms with E-state index in [1.165, 1.54) is 0 Å². The van der Waals surface area contributed by atoms with Crippen LogP contribution in [0.3, 0.4) is 0 Å². The summed E-state index contributed by atoms with van der Waals surface area (Å²) >= 11 is 3.43. The van der Waals surface area contributed by atoms with E-state index in [2.05, 4.69) is 21.2 Å². The number of anilines is 1. The molecule has 3 aromatic rings. The third kappa shape index (κ3) is 3.47. The molecule has 0 bridgehead atoms. The van der Waals surface area contributed by atoms with E-state index >= 15 is 0 Å². The summed E-state index contributed by atoms with van der Waals surface area (Å²) in [5.74, 6) is 0.303. The van der Waals surface area contributed by atoms with Gasteiger partial charge in [-0.2, -0.15) is 0 Å². The summed E-state index contributed by atoms with van der Waals surface area (Å²) in [6.07, 6.45) is -0.873. The molecular formula is C22H18BrNO4. The molecule has 0 spiro atoms. The maximum Gasteiger partial charge on any atom is 0.350 e. The van der Waals surface area contributed by atoms with Crippen molar-refractivity contribution < 1.29 is 13.9 Å². The van der Waals surface area contributed by atoms with E-state index < -0.39 is 17.8 Å². The summed E-state index contributed by atoms with van der Waals surface area (Å²) in [5, 5.41) is 3.39. The Balaban J connectivity index is 1.74. The molecule has 0 saturated heterocycles. The van der Waals surface area contributed by atoms with Crippen LogP contribution in [0.1, 0.15) is 33.3 Å². The Hall–Kier alpha value is -2.86. The highest BCUT2D eigenvalue weighted by atomic mass is 79.9. The van der Waals surface area contributed by atoms with Crippen molar-refractivity contribution in [1.82, 2.24) is 0 Å². The molecular weight excluding hydrogens is 422 g/mol. The van der Waals surface area contributed by atoms with Gasteiger partial charge in [0.1, 0.15) is 17.1 Å². The van der Waals surface area contributed by atoms with Crippen molar-refractivity contribution in [2.75, 3.05) is 5.32 Å². The second-order valence-corrected chi connectivity index (χ2v) is 7.74. The van der Waals surface area contributed by atoms with Crippen LogP contribution in [0.2, 0.25) is 0 Å². The predicted octanol–water partition coefficient (Wildman–Crippen LogP) is 4.82. The fourth-order valence-electron chi connectivity index (χ4n) is 3.28. The van der Waals surface area contributed by atoms with Crippen molar-refractivity contribution in [2.24, 2.45) is 0 Å². The minimum atomic E-state index is -0.873. The van der Waals surface area contributed by atoms with Gasteiger partial charge in [-0.15, -0.1) is 0 Å². The van der Waals surface area contributed by atoms with Crippen LogP contribution in [0.15, 0.2) is 68.3 Å². The number of Topliss-reactive ketones (excluding diaryl/α,β-unsaturated/α-hetero) is 1. The lowest BCUT2D eigenvalue weighted by atomic mass is 9.96. The second-order valence-electron chi connectivity index (χ2n) is 6.83. The normalized spacial score (nSPS) is 16.4. The number of ketones is 1. The zero-order valence-electron chi connectivity index (χ0n) is 15.4. The molecule has 1 aliphatic heterocycles. The quantitative estimate of drug-likeness (QED) is 0.631. The molecule has 0 fully saturated rings. The van der Waals surface area contributed by atoms with Crippen LogP contribution < -0.4 is 15.7 Å². The van der Waals surface area contributed by atoms with Gasteiger partial charge in [-0.1, -0.05) is 45.8 Å². The fraction of sp³-hybridized carbons (Fsp3) is 0.182. The van der Waals surface area contributed by atoms with Gasteiger partial charge in [0.2, 0.25) is 5.78 Å². The summed E-state index contributed by atoms with van der Waals surface area (Å²) in [5.41, 5.74) is 2.18. The monoisotopic (exact) mass is 439 g/mol. The Labute approximate surface area is 170 Å². The summed E-state index contributed by atoms with van der Waals surface area (Å²) in [6.45, 7) is 3.66. The van der Waals surface area contributed by atoms with Crippen LogP contribution in [-0.4, -0.2) is 11.9 Å². The molecule has 0 aliphatic carbocycles. The molecule has 2 atom stereocenters. The average Bonchev–Trinajstić information content (AvgIpc) is 2.98. The van der Waals surface area contributed by atoms with Gasteiger partial charge in [-0.05, 0) is 43.7 Å². The first-order valence-electron chi connectivity index (χ1n) is 8.86. The summed E-state index contributed by atoms with van der Waals surface area (Å²) in [7, 11) is 0. The lowest BCUT2D eigenvalue weighted by Crippen LogP contribution is -2.34. The SMILES string of the molecule is Cc1ccc(NC(c2ccc(Br)cc2)C2Oc3cc(C)oc(=O)c3C2=O)cc1. The van der Waals surface area contributed by atoms with Crippen molar-refractivity contribution in [1.29, 1.82) is 0 Å². The minimum absolute atomic E-state index is 0.0246. The van der Waals surface area contributed by atoms with Gasteiger partial charge in [0.25, 0.3) is 0 Å². The number of ether oxygens (including phenoxy) is 1. The molecule has 0 amide bonds. The van der Waals surface area contributed by atoms with Crippen molar-refractivity contribution in [3.8, 4) is 5.75 Å². The highest BCUT2D eigenvalue weighted by Gasteiger charge is 2.42. The van der Waals surface area contributed by atoms with Crippen LogP contribution in [0.4, 0.5) is 5.69 Å². The Morgan fingerprint density at radius 2 is 1.68 bits per heavy atom. The van der Waals surface area contributed by atoms with Crippen LogP contribution in [0, 0.1) is 13.8 Å². The van der Waals surface area contributed by atoms with Crippen LogP contribution in [0.25, 0.3) is 0 Å². The molecule has 2 heterocycles. The first-order chi connectivity index (χ1) is 13.4. The highest BCUT2D eigenvalue weighted by molar-refractivity contribution is 9.10. The van der Waals surface area contributed by atoms with E-state index in [9.17, 15) is 9.59 Å². The van der Waals surface area contributed by atoms with E-state index in [1.54, 1.807) is 13.0 Å². The third-order valence-electron chi connectivity index (χ3n) is 4.70. The zero-order valence-corrected chi connectivity index (χ0v) is 16.9. The van der Waals surface area contributed by atoms with Crippen molar-refractivity contribution in [2.45, 2.75) is 26.0 Å². The van der Waals surface area contributed by atoms with Crippen LogP contribution in [0.5, 0.6) is 5.75 Å². The number of fused-ring (bicyclic) bond motifs is 1. The lowest BCUT2D eigenvalue weighted by Gasteiger charge is -2.25. The first kappa shape index (κ1) is 18.5. The number of carbonyl (C=O) groups is 1. The van der Waals surface area contributed by atoms with E-state index in [0.29, 0.717) is 5.76 Å². The zero-order chi connectivity index (χ0) is 19.8. The number of aryl methyl sites for hydroxylation is 2. The largest absolute Gasteiger partial charge is 0.479 e. The van der Waals surface area contributed by atoms with E-state index in [-0.39, 0.29) is 17.1 Å². The second kappa shape index (κ2) is 7.28. The predicted molar refractivity (Wildman–Crippen MR) is 110 cm³/mol. The topological polar surface area (TPSA) is 68.5 Å². The van der Waals surface area contributed by atoms with E-state index in [1.807, 2.05) is 55.5 Å². The van der Waals surface area contributed by atoms with E-state index in [4.69, 9.17) is 9.15 Å². The first-order valence-corrected chi connectivity index (χ1v) is 9.66. The standard InChI is InChI=1S/C22H18BrNO4/c1-12-3-9-16(10-4-12)24-19(14-5-7-15(23)8-6-14)21-20(25)18-17(28-21)11-13(2)27-22(18)26/h3-11,19,21,24H,1-2H3. The number of halogens is 1. The third-order valence-corrected chi connectivity index (χ3v) is 5.23. The maximum absolute atomic E-state index is 13.0. The average molecular weight is 440 g/mol. The van der Waals surface area contributed by atoms with Gasteiger partial charge in [-0.3, -0.25) is 4.79 Å². The van der Waals surface area contributed by atoms with Gasteiger partial charge < -0.3 is 14.5 Å². The van der Waals surface area contributed by atoms with Gasteiger partial charge >= 0.3 is 5.63 Å². The maximum atomic E-state index is 13.0. The number of carbonyl (C=O) groups excluding carboxylic acids is 1. The molecule has 0 saturated carbocycles. The summed E-state index contributed by atoms with van der Waals surface area (Å²) in [4.78, 5) is 25.2. The molecule has 2 unspecified atom stereocenters. The van der Waals surface area contributed by atoms with Gasteiger partial charge in [0.05, 0.1) is 6.04 Å². The molecule has 0 radical (unpaired) electrons. The van der Waals surface area contributed by atoms with Crippen LogP contribution in [-0.2, 0) is 0 Å². The molecule has 1 aliphatic rings. The summed E-state index contributed by atoms with van der Waals surface area (Å²) < 4.78 is 12.0. The number of benzene rings is 2. The molecule has 1 aromatic heterocycles. The molecule has 2 aromatic carbocycles. The molecule has 6 heteroatoms. The fourth-order valence-corrected chi connectivity index (χ4v) is 3.55. The van der Waals surface area contributed by atoms with Crippen molar-refractivity contribution >= 4 is 27.4 Å². The summed E-state index contributed by atoms with van der Waals surface area (Å²) in [6, 6.07) is 16.6. The van der Waals surface area contributed by atoms with E-state index in [0.717, 1.165) is 21.3 Å². The van der Waals surface area contributed by atoms with Crippen LogP contribution >= 0.6 is 15.9 Å². The Bertz CT molecular complexity index is 1090. The molecule has 5 nitrogen and oxygen atoms in total. The molecule has 28 heavy (non-hydrogen) atoms. The Kier molecular flexibility index (Phi) is 4.81.